The van der Waals surface area contributed by atoms with Crippen molar-refractivity contribution >= 4 is 5.97 Å². The molecule has 1 saturated heterocycles. The second kappa shape index (κ2) is 8.31. The van der Waals surface area contributed by atoms with Gasteiger partial charge in [0.05, 0.1) is 27.4 Å². The van der Waals surface area contributed by atoms with E-state index in [1.807, 2.05) is 31.4 Å². The van der Waals surface area contributed by atoms with Crippen LogP contribution in [0.2, 0.25) is 0 Å². The van der Waals surface area contributed by atoms with Crippen LogP contribution in [0.15, 0.2) is 36.4 Å². The molecular weight excluding hydrogens is 558 g/mol. The van der Waals surface area contributed by atoms with Crippen LogP contribution < -0.4 is 14.2 Å². The van der Waals surface area contributed by atoms with E-state index in [1.54, 1.807) is 7.11 Å². The van der Waals surface area contributed by atoms with E-state index in [0.717, 1.165) is 35.8 Å². The molecule has 0 radical (unpaired) electrons. The molecule has 6 saturated carbocycles. The highest BCUT2D eigenvalue weighted by Gasteiger charge is 3.00. The fourth-order valence-corrected chi connectivity index (χ4v) is 12.6. The predicted molar refractivity (Wildman–Crippen MR) is 159 cm³/mol. The zero-order valence-electron chi connectivity index (χ0n) is 25.9. The Balaban J connectivity index is 0.981. The molecule has 8 nitrogen and oxygen atoms in total. The molecular formula is C36H41NO7. The van der Waals surface area contributed by atoms with Gasteiger partial charge in [-0.2, -0.15) is 0 Å². The van der Waals surface area contributed by atoms with Crippen LogP contribution in [0.1, 0.15) is 48.8 Å². The number of hydrogen-bond donors (Lipinski definition) is 0. The van der Waals surface area contributed by atoms with Gasteiger partial charge in [0.2, 0.25) is 0 Å². The van der Waals surface area contributed by atoms with Crippen LogP contribution in [-0.2, 0) is 37.4 Å². The fourth-order valence-electron chi connectivity index (χ4n) is 12.6. The normalized spacial score (nSPS) is 42.2. The molecule has 0 amide bonds. The molecule has 2 heterocycles. The van der Waals surface area contributed by atoms with Gasteiger partial charge in [-0.05, 0) is 73.8 Å². The SMILES string of the molecule is COC(=O)COc1ccc(COCC23CC45CC2C3(OC)C2Oc3c(OC)ccc6c3C24CC2(C6)CN(CC3CC3)C25)cc1. The van der Waals surface area contributed by atoms with Gasteiger partial charge >= 0.3 is 5.97 Å². The first kappa shape index (κ1) is 26.4. The summed E-state index contributed by atoms with van der Waals surface area (Å²) in [5.41, 5.74) is 4.17. The molecule has 9 aliphatic rings. The van der Waals surface area contributed by atoms with Gasteiger partial charge in [-0.1, -0.05) is 18.2 Å². The minimum atomic E-state index is -0.395. The Labute approximate surface area is 258 Å². The molecule has 6 bridgehead atoms. The number of rotatable bonds is 11. The number of hydrogen-bond acceptors (Lipinski definition) is 8. The zero-order valence-corrected chi connectivity index (χ0v) is 25.9. The number of carbonyl (C=O) groups excluding carboxylic acids is 1. The molecule has 8 unspecified atom stereocenters. The van der Waals surface area contributed by atoms with Gasteiger partial charge in [-0.15, -0.1) is 0 Å². The maximum absolute atomic E-state index is 11.4. The van der Waals surface area contributed by atoms with E-state index in [4.69, 9.17) is 23.7 Å². The zero-order chi connectivity index (χ0) is 29.7. The Kier molecular flexibility index (Phi) is 4.99. The Bertz CT molecular complexity index is 1590. The third-order valence-electron chi connectivity index (χ3n) is 13.7. The van der Waals surface area contributed by atoms with E-state index < -0.39 is 5.97 Å². The van der Waals surface area contributed by atoms with Crippen molar-refractivity contribution < 1.29 is 33.2 Å². The molecule has 8 atom stereocenters. The summed E-state index contributed by atoms with van der Waals surface area (Å²) < 4.78 is 36.7. The maximum atomic E-state index is 11.4. The summed E-state index contributed by atoms with van der Waals surface area (Å²) in [5, 5.41) is 0. The number of benzene rings is 2. The van der Waals surface area contributed by atoms with Crippen LogP contribution in [0, 0.1) is 28.1 Å². The topological polar surface area (TPSA) is 75.7 Å². The van der Waals surface area contributed by atoms with Crippen LogP contribution in [0.25, 0.3) is 0 Å². The molecule has 7 fully saturated rings. The quantitative estimate of drug-likeness (QED) is 0.354. The van der Waals surface area contributed by atoms with Gasteiger partial charge in [0.1, 0.15) is 17.5 Å². The maximum Gasteiger partial charge on any atom is 0.343 e. The number of nitrogens with zero attached hydrogens (tertiary/aromatic N) is 1. The molecule has 11 rings (SSSR count). The molecule has 8 heteroatoms. The average molecular weight is 600 g/mol. The van der Waals surface area contributed by atoms with E-state index in [0.29, 0.717) is 36.3 Å². The first-order chi connectivity index (χ1) is 21.4. The van der Waals surface area contributed by atoms with Crippen LogP contribution in [-0.4, -0.2) is 76.2 Å². The fraction of sp³-hybridized carbons (Fsp3) is 0.639. The van der Waals surface area contributed by atoms with Crippen LogP contribution >= 0.6 is 0 Å². The lowest BCUT2D eigenvalue weighted by Crippen LogP contribution is -2.71. The van der Waals surface area contributed by atoms with Crippen molar-refractivity contribution in [2.24, 2.45) is 28.1 Å². The highest BCUT2D eigenvalue weighted by Crippen LogP contribution is 2.94. The number of carbonyl (C=O) groups is 1. The molecule has 7 aliphatic carbocycles. The van der Waals surface area contributed by atoms with Gasteiger partial charge in [-0.25, -0.2) is 4.79 Å². The van der Waals surface area contributed by atoms with Gasteiger partial charge in [-0.3, -0.25) is 4.90 Å². The van der Waals surface area contributed by atoms with Gasteiger partial charge in [0, 0.05) is 59.4 Å². The first-order valence-corrected chi connectivity index (χ1v) is 16.4. The summed E-state index contributed by atoms with van der Waals surface area (Å²) in [6.07, 6.45) is 7.54. The smallest absolute Gasteiger partial charge is 0.343 e. The number of esters is 1. The monoisotopic (exact) mass is 599 g/mol. The minimum Gasteiger partial charge on any atom is -0.493 e. The van der Waals surface area contributed by atoms with Crippen molar-refractivity contribution in [3.63, 3.8) is 0 Å². The Morgan fingerprint density at radius 2 is 1.91 bits per heavy atom. The van der Waals surface area contributed by atoms with Crippen LogP contribution in [0.3, 0.4) is 0 Å². The van der Waals surface area contributed by atoms with Crippen molar-refractivity contribution in [2.75, 3.05) is 47.6 Å². The van der Waals surface area contributed by atoms with E-state index in [9.17, 15) is 4.79 Å². The van der Waals surface area contributed by atoms with E-state index >= 15 is 0 Å². The van der Waals surface area contributed by atoms with Crippen LogP contribution in [0.5, 0.6) is 17.2 Å². The number of likely N-dealkylation sites (tertiary alicyclic amines) is 1. The van der Waals surface area contributed by atoms with Gasteiger partial charge in [0.25, 0.3) is 0 Å². The Morgan fingerprint density at radius 1 is 1.07 bits per heavy atom. The standard InChI is InChI=1S/C36H41NO7/c1-39-25-11-8-23-12-32-17-35-28(23)29(25)44-31(35)36(41-3)26-13-33(35,30(32)37(19-32)14-21-4-5-21)18-34(26,36)20-42-15-22-6-9-24(10-7-22)43-16-27(38)40-2/h6-11,21,26,30-31H,4-5,12-20H2,1-3H3. The average Bonchev–Trinajstić information content (AvgIpc) is 3.84. The summed E-state index contributed by atoms with van der Waals surface area (Å²) in [4.78, 5) is 14.3. The summed E-state index contributed by atoms with van der Waals surface area (Å²) in [6.45, 7) is 3.60. The molecule has 2 aromatic rings. The van der Waals surface area contributed by atoms with Gasteiger partial charge < -0.3 is 28.4 Å². The molecule has 44 heavy (non-hydrogen) atoms. The second-order valence-electron chi connectivity index (χ2n) is 15.3. The number of ether oxygens (including phenoxy) is 6. The molecule has 2 aromatic carbocycles. The molecule has 0 aromatic heterocycles. The number of methoxy groups -OCH3 is 3. The van der Waals surface area contributed by atoms with Crippen molar-refractivity contribution in [3.8, 4) is 17.2 Å². The van der Waals surface area contributed by atoms with E-state index in [-0.39, 0.29) is 34.6 Å². The van der Waals surface area contributed by atoms with Crippen molar-refractivity contribution in [1.82, 2.24) is 4.90 Å². The summed E-state index contributed by atoms with van der Waals surface area (Å²) in [5.74, 6) is 3.45. The third-order valence-corrected chi connectivity index (χ3v) is 13.7. The van der Waals surface area contributed by atoms with E-state index in [2.05, 4.69) is 21.8 Å². The van der Waals surface area contributed by atoms with Gasteiger partial charge in [0.15, 0.2) is 18.1 Å². The summed E-state index contributed by atoms with van der Waals surface area (Å²) in [7, 11) is 5.05. The second-order valence-corrected chi connectivity index (χ2v) is 15.3. The van der Waals surface area contributed by atoms with Crippen molar-refractivity contribution in [1.29, 1.82) is 0 Å². The molecule has 3 spiro atoms. The summed E-state index contributed by atoms with van der Waals surface area (Å²) >= 11 is 0. The lowest BCUT2D eigenvalue weighted by molar-refractivity contribution is -0.182. The highest BCUT2D eigenvalue weighted by atomic mass is 16.6. The molecule has 0 N–H and O–H groups in total. The van der Waals surface area contributed by atoms with Crippen molar-refractivity contribution in [3.05, 3.63) is 53.1 Å². The molecule has 232 valence electrons. The predicted octanol–water partition coefficient (Wildman–Crippen LogP) is 4.30. The summed E-state index contributed by atoms with van der Waals surface area (Å²) in [6, 6.07) is 12.9. The highest BCUT2D eigenvalue weighted by molar-refractivity contribution is 5.71. The lowest BCUT2D eigenvalue weighted by Gasteiger charge is -2.62. The van der Waals surface area contributed by atoms with E-state index in [1.165, 1.54) is 57.0 Å². The van der Waals surface area contributed by atoms with Crippen LogP contribution in [0.4, 0.5) is 0 Å². The molecule has 2 aliphatic heterocycles. The van der Waals surface area contributed by atoms with Crippen molar-refractivity contribution in [2.45, 2.75) is 68.3 Å². The Morgan fingerprint density at radius 3 is 2.66 bits per heavy atom. The lowest BCUT2D eigenvalue weighted by atomic mass is 9.48. The first-order valence-electron chi connectivity index (χ1n) is 16.4. The third kappa shape index (κ3) is 2.79. The largest absolute Gasteiger partial charge is 0.493 e. The Hall–Kier alpha value is -2.81. The minimum absolute atomic E-state index is 0.00190.